The smallest absolute Gasteiger partial charge is 0.223 e. The van der Waals surface area contributed by atoms with Crippen LogP contribution in [0.15, 0.2) is 54.7 Å². The van der Waals surface area contributed by atoms with Crippen molar-refractivity contribution in [3.05, 3.63) is 71.7 Å². The number of hydrogen-bond acceptors (Lipinski definition) is 2. The number of carbonyl (C=O) groups is 1. The molecule has 1 fully saturated rings. The van der Waals surface area contributed by atoms with E-state index in [2.05, 4.69) is 0 Å². The first-order chi connectivity index (χ1) is 13.1. The van der Waals surface area contributed by atoms with Gasteiger partial charge in [-0.1, -0.05) is 36.4 Å². The highest BCUT2D eigenvalue weighted by molar-refractivity contribution is 5.86. The van der Waals surface area contributed by atoms with E-state index in [0.717, 1.165) is 16.5 Å². The van der Waals surface area contributed by atoms with Crippen LogP contribution in [-0.4, -0.2) is 41.7 Å². The first kappa shape index (κ1) is 17.7. The fourth-order valence-corrected chi connectivity index (χ4v) is 3.91. The molecule has 0 saturated carbocycles. The summed E-state index contributed by atoms with van der Waals surface area (Å²) >= 11 is 0. The third-order valence-corrected chi connectivity index (χ3v) is 5.33. The Morgan fingerprint density at radius 3 is 2.56 bits per heavy atom. The number of aryl methyl sites for hydroxylation is 1. The molecule has 1 atom stereocenters. The molecule has 0 radical (unpaired) electrons. The summed E-state index contributed by atoms with van der Waals surface area (Å²) in [6, 6.07) is 14.8. The second-order valence-electron chi connectivity index (χ2n) is 6.98. The molecule has 1 amide bonds. The number of nitrogens with zero attached hydrogens (tertiary/aromatic N) is 2. The van der Waals surface area contributed by atoms with E-state index in [1.807, 2.05) is 53.0 Å². The number of hydrogen-bond donors (Lipinski definition) is 0. The number of carbonyl (C=O) groups excluding carboxylic acids is 1. The topological polar surface area (TPSA) is 34.5 Å². The van der Waals surface area contributed by atoms with Crippen molar-refractivity contribution in [2.75, 3.05) is 26.3 Å². The van der Waals surface area contributed by atoms with Crippen LogP contribution in [0.1, 0.15) is 23.5 Å². The van der Waals surface area contributed by atoms with Crippen LogP contribution >= 0.6 is 0 Å². The number of morpholine rings is 1. The van der Waals surface area contributed by atoms with Crippen LogP contribution in [0, 0.1) is 5.82 Å². The average Bonchev–Trinajstić information content (AvgIpc) is 3.04. The number of rotatable bonds is 4. The molecule has 0 unspecified atom stereocenters. The maximum absolute atomic E-state index is 14.7. The number of benzene rings is 2. The molecule has 2 aromatic carbocycles. The lowest BCUT2D eigenvalue weighted by molar-refractivity contribution is -0.135. The Morgan fingerprint density at radius 1 is 1.07 bits per heavy atom. The van der Waals surface area contributed by atoms with Gasteiger partial charge in [-0.05, 0) is 23.3 Å². The van der Waals surface area contributed by atoms with E-state index in [4.69, 9.17) is 4.74 Å². The van der Waals surface area contributed by atoms with Crippen molar-refractivity contribution >= 4 is 16.8 Å². The Balaban J connectivity index is 1.76. The number of ether oxygens (including phenoxy) is 1. The molecular weight excluding hydrogens is 343 g/mol. The van der Waals surface area contributed by atoms with Gasteiger partial charge in [0, 0.05) is 49.6 Å². The predicted molar refractivity (Wildman–Crippen MR) is 103 cm³/mol. The molecule has 1 aliphatic heterocycles. The molecule has 1 aliphatic rings. The summed E-state index contributed by atoms with van der Waals surface area (Å²) in [5, 5.41) is 1.06. The van der Waals surface area contributed by atoms with Gasteiger partial charge < -0.3 is 14.2 Å². The highest BCUT2D eigenvalue weighted by Gasteiger charge is 2.27. The van der Waals surface area contributed by atoms with E-state index in [1.54, 1.807) is 12.1 Å². The monoisotopic (exact) mass is 366 g/mol. The first-order valence-corrected chi connectivity index (χ1v) is 9.29. The van der Waals surface area contributed by atoms with Crippen LogP contribution in [-0.2, 0) is 16.6 Å². The molecule has 2 heterocycles. The summed E-state index contributed by atoms with van der Waals surface area (Å²) in [7, 11) is 1.98. The number of para-hydroxylation sites is 1. The molecule has 0 aliphatic carbocycles. The van der Waals surface area contributed by atoms with E-state index in [9.17, 15) is 9.18 Å². The predicted octanol–water partition coefficient (Wildman–Crippen LogP) is 3.70. The third-order valence-electron chi connectivity index (χ3n) is 5.33. The fourth-order valence-electron chi connectivity index (χ4n) is 3.91. The quantitative estimate of drug-likeness (QED) is 0.706. The van der Waals surface area contributed by atoms with Crippen molar-refractivity contribution in [2.24, 2.45) is 7.05 Å². The van der Waals surface area contributed by atoms with E-state index >= 15 is 0 Å². The first-order valence-electron chi connectivity index (χ1n) is 9.29. The number of halogens is 1. The molecule has 3 aromatic rings. The summed E-state index contributed by atoms with van der Waals surface area (Å²) in [4.78, 5) is 14.8. The molecule has 0 bridgehead atoms. The molecule has 27 heavy (non-hydrogen) atoms. The maximum Gasteiger partial charge on any atom is 0.223 e. The zero-order valence-corrected chi connectivity index (χ0v) is 15.4. The lowest BCUT2D eigenvalue weighted by Crippen LogP contribution is -2.41. The Hall–Kier alpha value is -2.66. The lowest BCUT2D eigenvalue weighted by atomic mass is 9.87. The molecule has 5 heteroatoms. The zero-order chi connectivity index (χ0) is 18.8. The second-order valence-corrected chi connectivity index (χ2v) is 6.98. The Labute approximate surface area is 158 Å². The third kappa shape index (κ3) is 3.47. The lowest BCUT2D eigenvalue weighted by Gasteiger charge is -2.28. The minimum atomic E-state index is -0.326. The van der Waals surface area contributed by atoms with Crippen LogP contribution in [0.5, 0.6) is 0 Å². The van der Waals surface area contributed by atoms with Gasteiger partial charge in [0.15, 0.2) is 0 Å². The highest BCUT2D eigenvalue weighted by Crippen LogP contribution is 2.36. The van der Waals surface area contributed by atoms with Crippen LogP contribution in [0.3, 0.4) is 0 Å². The van der Waals surface area contributed by atoms with Crippen LogP contribution < -0.4 is 0 Å². The molecule has 0 N–H and O–H groups in total. The van der Waals surface area contributed by atoms with Crippen molar-refractivity contribution in [1.29, 1.82) is 0 Å². The summed E-state index contributed by atoms with van der Waals surface area (Å²) in [6.07, 6.45) is 2.27. The van der Waals surface area contributed by atoms with Gasteiger partial charge in [-0.15, -0.1) is 0 Å². The molecular formula is C22H23FN2O2. The van der Waals surface area contributed by atoms with E-state index < -0.39 is 0 Å². The van der Waals surface area contributed by atoms with Crippen molar-refractivity contribution < 1.29 is 13.9 Å². The number of fused-ring (bicyclic) bond motifs is 1. The highest BCUT2D eigenvalue weighted by atomic mass is 19.1. The Morgan fingerprint density at radius 2 is 1.78 bits per heavy atom. The normalized spacial score (nSPS) is 15.9. The van der Waals surface area contributed by atoms with E-state index in [0.29, 0.717) is 31.9 Å². The molecule has 4 nitrogen and oxygen atoms in total. The summed E-state index contributed by atoms with van der Waals surface area (Å²) in [5.41, 5.74) is 2.63. The standard InChI is InChI=1S/C22H23FN2O2/c1-24-15-19(17-7-3-5-9-21(17)24)18(16-6-2-4-8-20(16)23)14-22(26)25-10-12-27-13-11-25/h2-9,15,18H,10-14H2,1H3/t18-/m0/s1. The van der Waals surface area contributed by atoms with Gasteiger partial charge in [0.25, 0.3) is 0 Å². The Kier molecular flexibility index (Phi) is 4.94. The van der Waals surface area contributed by atoms with E-state index in [-0.39, 0.29) is 24.1 Å². The van der Waals surface area contributed by atoms with Crippen molar-refractivity contribution in [3.63, 3.8) is 0 Å². The van der Waals surface area contributed by atoms with Gasteiger partial charge in [0.05, 0.1) is 13.2 Å². The summed E-state index contributed by atoms with van der Waals surface area (Å²) < 4.78 is 22.1. The Bertz CT molecular complexity index is 960. The fraction of sp³-hybridized carbons (Fsp3) is 0.318. The maximum atomic E-state index is 14.7. The zero-order valence-electron chi connectivity index (χ0n) is 15.4. The van der Waals surface area contributed by atoms with Gasteiger partial charge in [-0.2, -0.15) is 0 Å². The number of aromatic nitrogens is 1. The largest absolute Gasteiger partial charge is 0.378 e. The van der Waals surface area contributed by atoms with Crippen LogP contribution in [0.2, 0.25) is 0 Å². The SMILES string of the molecule is Cn1cc([C@@H](CC(=O)N2CCOCC2)c2ccccc2F)c2ccccc21. The van der Waals surface area contributed by atoms with Gasteiger partial charge >= 0.3 is 0 Å². The van der Waals surface area contributed by atoms with Gasteiger partial charge in [-0.25, -0.2) is 4.39 Å². The van der Waals surface area contributed by atoms with Crippen LogP contribution in [0.4, 0.5) is 4.39 Å². The van der Waals surface area contributed by atoms with Crippen molar-refractivity contribution in [2.45, 2.75) is 12.3 Å². The minimum absolute atomic E-state index is 0.0412. The summed E-state index contributed by atoms with van der Waals surface area (Å²) in [5.74, 6) is -0.558. The molecule has 4 rings (SSSR count). The van der Waals surface area contributed by atoms with Gasteiger partial charge in [-0.3, -0.25) is 4.79 Å². The molecule has 140 valence electrons. The summed E-state index contributed by atoms with van der Waals surface area (Å²) in [6.45, 7) is 2.31. The van der Waals surface area contributed by atoms with Crippen molar-refractivity contribution in [3.8, 4) is 0 Å². The minimum Gasteiger partial charge on any atom is -0.378 e. The molecule has 0 spiro atoms. The number of amides is 1. The van der Waals surface area contributed by atoms with Gasteiger partial charge in [0.2, 0.25) is 5.91 Å². The van der Waals surface area contributed by atoms with Crippen molar-refractivity contribution in [1.82, 2.24) is 9.47 Å². The molecule has 1 saturated heterocycles. The average molecular weight is 366 g/mol. The molecule has 1 aromatic heterocycles. The van der Waals surface area contributed by atoms with Crippen LogP contribution in [0.25, 0.3) is 10.9 Å². The second kappa shape index (κ2) is 7.53. The van der Waals surface area contributed by atoms with E-state index in [1.165, 1.54) is 6.07 Å². The van der Waals surface area contributed by atoms with Gasteiger partial charge in [0.1, 0.15) is 5.82 Å².